The van der Waals surface area contributed by atoms with E-state index in [0.29, 0.717) is 32.8 Å². The number of aromatic nitrogens is 6. The zero-order valence-corrected chi connectivity index (χ0v) is 22.6. The van der Waals surface area contributed by atoms with Crippen LogP contribution in [0.5, 0.6) is 0 Å². The normalized spacial score (nSPS) is 11.9. The standard InChI is InChI=1S/C26H20BrCl2N7O/c1-15(16-6-10-18(27)11-7-16)30-26(37)24-20(14-23-31-34-35-32-23)25(17-8-12-19(28)13-9-17)36(33-24)22-5-3-2-4-21(22)29/h2-13,15H,14H2,1H3,(H,30,37)(H,31,32,34,35). The third kappa shape index (κ3) is 5.44. The maximum Gasteiger partial charge on any atom is 0.272 e. The third-order valence-corrected chi connectivity index (χ3v) is 6.95. The lowest BCUT2D eigenvalue weighted by atomic mass is 10.0. The number of carbonyl (C=O) groups excluding carboxylic acids is 1. The van der Waals surface area contributed by atoms with Crippen LogP contribution >= 0.6 is 39.1 Å². The summed E-state index contributed by atoms with van der Waals surface area (Å²) >= 11 is 16.2. The van der Waals surface area contributed by atoms with Crippen molar-refractivity contribution in [1.82, 2.24) is 35.7 Å². The fourth-order valence-electron chi connectivity index (χ4n) is 4.02. The van der Waals surface area contributed by atoms with Crippen molar-refractivity contribution in [2.75, 3.05) is 0 Å². The summed E-state index contributed by atoms with van der Waals surface area (Å²) in [5, 5.41) is 23.1. The molecule has 0 aliphatic rings. The van der Waals surface area contributed by atoms with Gasteiger partial charge in [0.2, 0.25) is 0 Å². The Balaban J connectivity index is 1.66. The van der Waals surface area contributed by atoms with E-state index in [-0.39, 0.29) is 24.1 Å². The van der Waals surface area contributed by atoms with Gasteiger partial charge in [0.1, 0.15) is 0 Å². The van der Waals surface area contributed by atoms with Crippen molar-refractivity contribution in [3.05, 3.63) is 110 Å². The Hall–Kier alpha value is -3.53. The number of H-pyrrole nitrogens is 1. The number of aromatic amines is 1. The number of amides is 1. The highest BCUT2D eigenvalue weighted by atomic mass is 79.9. The maximum absolute atomic E-state index is 13.7. The fourth-order valence-corrected chi connectivity index (χ4v) is 4.63. The SMILES string of the molecule is CC(NC(=O)c1nn(-c2ccccc2Cl)c(-c2ccc(Cl)cc2)c1Cc1nnn[nH]1)c1ccc(Br)cc1. The van der Waals surface area contributed by atoms with Crippen LogP contribution in [0.2, 0.25) is 10.0 Å². The van der Waals surface area contributed by atoms with Crippen LogP contribution in [0, 0.1) is 0 Å². The molecular weight excluding hydrogens is 577 g/mol. The van der Waals surface area contributed by atoms with Crippen LogP contribution in [0.3, 0.4) is 0 Å². The van der Waals surface area contributed by atoms with Gasteiger partial charge in [0, 0.05) is 27.0 Å². The van der Waals surface area contributed by atoms with Gasteiger partial charge in [-0.25, -0.2) is 9.78 Å². The van der Waals surface area contributed by atoms with Gasteiger partial charge in [-0.15, -0.1) is 5.10 Å². The van der Waals surface area contributed by atoms with Crippen LogP contribution in [0.15, 0.2) is 77.3 Å². The summed E-state index contributed by atoms with van der Waals surface area (Å²) in [5.74, 6) is 0.155. The minimum atomic E-state index is -0.334. The molecule has 5 aromatic rings. The van der Waals surface area contributed by atoms with E-state index < -0.39 is 0 Å². The Morgan fingerprint density at radius 3 is 2.46 bits per heavy atom. The predicted molar refractivity (Wildman–Crippen MR) is 146 cm³/mol. The van der Waals surface area contributed by atoms with E-state index in [2.05, 4.69) is 41.9 Å². The summed E-state index contributed by atoms with van der Waals surface area (Å²) in [5.41, 5.74) is 3.96. The molecule has 11 heteroatoms. The summed E-state index contributed by atoms with van der Waals surface area (Å²) in [6.45, 7) is 1.92. The van der Waals surface area contributed by atoms with E-state index >= 15 is 0 Å². The molecule has 8 nitrogen and oxygen atoms in total. The third-order valence-electron chi connectivity index (χ3n) is 5.85. The van der Waals surface area contributed by atoms with Crippen LogP contribution < -0.4 is 5.32 Å². The average molecular weight is 597 g/mol. The first-order valence-electron chi connectivity index (χ1n) is 11.3. The van der Waals surface area contributed by atoms with E-state index in [0.717, 1.165) is 15.6 Å². The summed E-state index contributed by atoms with van der Waals surface area (Å²) in [7, 11) is 0. The first-order chi connectivity index (χ1) is 17.9. The van der Waals surface area contributed by atoms with Gasteiger partial charge in [0.15, 0.2) is 11.5 Å². The van der Waals surface area contributed by atoms with Crippen LogP contribution in [-0.4, -0.2) is 36.3 Å². The van der Waals surface area contributed by atoms with Crippen LogP contribution in [0.1, 0.15) is 40.4 Å². The predicted octanol–water partition coefficient (Wildman–Crippen LogP) is 6.20. The highest BCUT2D eigenvalue weighted by molar-refractivity contribution is 9.10. The molecule has 0 saturated heterocycles. The quantitative estimate of drug-likeness (QED) is 0.233. The number of nitrogens with one attached hydrogen (secondary N) is 2. The molecule has 186 valence electrons. The van der Waals surface area contributed by atoms with E-state index in [1.54, 1.807) is 22.9 Å². The van der Waals surface area contributed by atoms with Crippen LogP contribution in [-0.2, 0) is 6.42 Å². The number of hydrogen-bond donors (Lipinski definition) is 2. The number of hydrogen-bond acceptors (Lipinski definition) is 5. The Morgan fingerprint density at radius 1 is 1.05 bits per heavy atom. The number of para-hydroxylation sites is 1. The fraction of sp³-hybridized carbons (Fsp3) is 0.115. The molecule has 1 atom stereocenters. The van der Waals surface area contributed by atoms with Gasteiger partial charge < -0.3 is 5.32 Å². The number of halogens is 3. The first-order valence-corrected chi connectivity index (χ1v) is 12.9. The average Bonchev–Trinajstić information content (AvgIpc) is 3.54. The maximum atomic E-state index is 13.7. The largest absolute Gasteiger partial charge is 0.344 e. The van der Waals surface area contributed by atoms with E-state index in [4.69, 9.17) is 28.3 Å². The summed E-state index contributed by atoms with van der Waals surface area (Å²) in [4.78, 5) is 13.7. The number of rotatable bonds is 7. The molecule has 2 N–H and O–H groups in total. The Morgan fingerprint density at radius 2 is 1.78 bits per heavy atom. The number of benzene rings is 3. The van der Waals surface area contributed by atoms with Crippen molar-refractivity contribution in [3.63, 3.8) is 0 Å². The lowest BCUT2D eigenvalue weighted by Gasteiger charge is -2.14. The summed E-state index contributed by atoms with van der Waals surface area (Å²) in [6.07, 6.45) is 0.241. The zero-order valence-electron chi connectivity index (χ0n) is 19.5. The Kier molecular flexibility index (Phi) is 7.36. The van der Waals surface area contributed by atoms with Crippen LogP contribution in [0.25, 0.3) is 16.9 Å². The van der Waals surface area contributed by atoms with E-state index in [9.17, 15) is 4.79 Å². The minimum absolute atomic E-state index is 0.241. The Bertz CT molecular complexity index is 1530. The molecule has 0 bridgehead atoms. The Labute approximate surface area is 231 Å². The smallest absolute Gasteiger partial charge is 0.272 e. The minimum Gasteiger partial charge on any atom is -0.344 e. The second-order valence-electron chi connectivity index (χ2n) is 8.32. The van der Waals surface area contributed by atoms with Crippen LogP contribution in [0.4, 0.5) is 0 Å². The molecule has 3 aromatic carbocycles. The zero-order chi connectivity index (χ0) is 25.9. The first kappa shape index (κ1) is 25.1. The second kappa shape index (κ2) is 10.8. The molecule has 2 heterocycles. The lowest BCUT2D eigenvalue weighted by molar-refractivity contribution is 0.0933. The van der Waals surface area contributed by atoms with Gasteiger partial charge in [-0.05, 0) is 59.3 Å². The molecule has 0 spiro atoms. The van der Waals surface area contributed by atoms with Crippen molar-refractivity contribution >= 4 is 45.0 Å². The molecule has 0 radical (unpaired) electrons. The molecule has 0 aliphatic heterocycles. The van der Waals surface area contributed by atoms with Gasteiger partial charge in [-0.2, -0.15) is 5.10 Å². The van der Waals surface area contributed by atoms with Gasteiger partial charge in [0.25, 0.3) is 5.91 Å². The molecule has 1 unspecified atom stereocenters. The number of nitrogens with zero attached hydrogens (tertiary/aromatic N) is 5. The summed E-state index contributed by atoms with van der Waals surface area (Å²) < 4.78 is 2.65. The van der Waals surface area contributed by atoms with E-state index in [1.807, 2.05) is 61.5 Å². The molecule has 2 aromatic heterocycles. The highest BCUT2D eigenvalue weighted by Gasteiger charge is 2.27. The molecule has 37 heavy (non-hydrogen) atoms. The molecule has 0 aliphatic carbocycles. The molecule has 0 fully saturated rings. The number of tetrazole rings is 1. The molecule has 5 rings (SSSR count). The number of carbonyl (C=O) groups is 1. The topological polar surface area (TPSA) is 101 Å². The van der Waals surface area contributed by atoms with Gasteiger partial charge in [0.05, 0.1) is 22.4 Å². The highest BCUT2D eigenvalue weighted by Crippen LogP contribution is 2.34. The van der Waals surface area contributed by atoms with Crippen molar-refractivity contribution in [3.8, 4) is 16.9 Å². The molecular formula is C26H20BrCl2N7O. The molecule has 1 amide bonds. The van der Waals surface area contributed by atoms with Gasteiger partial charge in [-0.1, -0.05) is 75.5 Å². The van der Waals surface area contributed by atoms with Gasteiger partial charge >= 0.3 is 0 Å². The van der Waals surface area contributed by atoms with Crippen molar-refractivity contribution < 1.29 is 4.79 Å². The second-order valence-corrected chi connectivity index (χ2v) is 10.1. The lowest BCUT2D eigenvalue weighted by Crippen LogP contribution is -2.28. The monoisotopic (exact) mass is 595 g/mol. The van der Waals surface area contributed by atoms with E-state index in [1.165, 1.54) is 0 Å². The van der Waals surface area contributed by atoms with Crippen molar-refractivity contribution in [2.24, 2.45) is 0 Å². The van der Waals surface area contributed by atoms with Crippen molar-refractivity contribution in [2.45, 2.75) is 19.4 Å². The summed E-state index contributed by atoms with van der Waals surface area (Å²) in [6, 6.07) is 22.2. The molecule has 0 saturated carbocycles. The van der Waals surface area contributed by atoms with Crippen molar-refractivity contribution in [1.29, 1.82) is 0 Å². The van der Waals surface area contributed by atoms with Gasteiger partial charge in [-0.3, -0.25) is 4.79 Å².